The molecule has 0 amide bonds. The van der Waals surface area contributed by atoms with Gasteiger partial charge in [0.05, 0.1) is 17.3 Å². The standard InChI is InChI=1S/C15H15N3OS/c1-19-12-4-2-3-10(7-12)9-17-15-18-13-6-5-11(16)8-14(13)20-15/h2-8H,9,16H2,1H3,(H,17,18). The van der Waals surface area contributed by atoms with Crippen LogP contribution in [0.4, 0.5) is 10.8 Å². The maximum absolute atomic E-state index is 5.77. The molecule has 1 heterocycles. The highest BCUT2D eigenvalue weighted by molar-refractivity contribution is 7.22. The summed E-state index contributed by atoms with van der Waals surface area (Å²) >= 11 is 1.61. The maximum Gasteiger partial charge on any atom is 0.184 e. The third-order valence-electron chi connectivity index (χ3n) is 2.99. The summed E-state index contributed by atoms with van der Waals surface area (Å²) < 4.78 is 6.31. The highest BCUT2D eigenvalue weighted by Gasteiger charge is 2.04. The molecule has 3 rings (SSSR count). The van der Waals surface area contributed by atoms with Crippen LogP contribution in [-0.4, -0.2) is 12.1 Å². The summed E-state index contributed by atoms with van der Waals surface area (Å²) in [6.45, 7) is 0.715. The molecule has 0 radical (unpaired) electrons. The van der Waals surface area contributed by atoms with Crippen molar-refractivity contribution < 1.29 is 4.74 Å². The van der Waals surface area contributed by atoms with Gasteiger partial charge in [0.15, 0.2) is 5.13 Å². The average Bonchev–Trinajstić information content (AvgIpc) is 2.87. The number of fused-ring (bicyclic) bond motifs is 1. The molecular formula is C15H15N3OS. The number of methoxy groups -OCH3 is 1. The topological polar surface area (TPSA) is 60.2 Å². The van der Waals surface area contributed by atoms with Crippen LogP contribution in [0.5, 0.6) is 5.75 Å². The zero-order chi connectivity index (χ0) is 13.9. The molecule has 3 N–H and O–H groups in total. The van der Waals surface area contributed by atoms with Gasteiger partial charge in [-0.2, -0.15) is 0 Å². The van der Waals surface area contributed by atoms with Crippen LogP contribution in [-0.2, 0) is 6.54 Å². The number of nitrogens with one attached hydrogen (secondary N) is 1. The Morgan fingerprint density at radius 1 is 1.25 bits per heavy atom. The molecule has 0 fully saturated rings. The maximum atomic E-state index is 5.77. The third-order valence-corrected chi connectivity index (χ3v) is 3.97. The molecule has 0 aliphatic rings. The molecule has 1 aromatic heterocycles. The number of rotatable bonds is 4. The van der Waals surface area contributed by atoms with Gasteiger partial charge in [0.1, 0.15) is 5.75 Å². The molecule has 2 aromatic carbocycles. The number of ether oxygens (including phenoxy) is 1. The molecule has 3 aromatic rings. The monoisotopic (exact) mass is 285 g/mol. The van der Waals surface area contributed by atoms with Gasteiger partial charge in [-0.25, -0.2) is 4.98 Å². The summed E-state index contributed by atoms with van der Waals surface area (Å²) in [6.07, 6.45) is 0. The number of nitrogen functional groups attached to an aromatic ring is 1. The minimum atomic E-state index is 0.715. The van der Waals surface area contributed by atoms with Crippen molar-refractivity contribution in [1.29, 1.82) is 0 Å². The third kappa shape index (κ3) is 2.67. The second-order valence-electron chi connectivity index (χ2n) is 4.45. The van der Waals surface area contributed by atoms with Crippen molar-refractivity contribution in [3.63, 3.8) is 0 Å². The fraction of sp³-hybridized carbons (Fsp3) is 0.133. The number of hydrogen-bond donors (Lipinski definition) is 2. The van der Waals surface area contributed by atoms with E-state index >= 15 is 0 Å². The summed E-state index contributed by atoms with van der Waals surface area (Å²) in [7, 11) is 1.67. The van der Waals surface area contributed by atoms with Gasteiger partial charge < -0.3 is 15.8 Å². The molecule has 20 heavy (non-hydrogen) atoms. The lowest BCUT2D eigenvalue weighted by atomic mass is 10.2. The molecule has 4 nitrogen and oxygen atoms in total. The van der Waals surface area contributed by atoms with E-state index in [0.29, 0.717) is 6.54 Å². The summed E-state index contributed by atoms with van der Waals surface area (Å²) in [5, 5.41) is 4.23. The van der Waals surface area contributed by atoms with E-state index in [9.17, 15) is 0 Å². The van der Waals surface area contributed by atoms with Gasteiger partial charge in [0.25, 0.3) is 0 Å². The van der Waals surface area contributed by atoms with E-state index in [0.717, 1.165) is 32.3 Å². The number of anilines is 2. The Hall–Kier alpha value is -2.27. The zero-order valence-electron chi connectivity index (χ0n) is 11.1. The number of benzene rings is 2. The Bertz CT molecular complexity index is 739. The number of hydrogen-bond acceptors (Lipinski definition) is 5. The Morgan fingerprint density at radius 3 is 3.00 bits per heavy atom. The molecule has 0 spiro atoms. The van der Waals surface area contributed by atoms with Crippen molar-refractivity contribution in [3.8, 4) is 5.75 Å². The van der Waals surface area contributed by atoms with E-state index in [1.54, 1.807) is 18.4 Å². The molecule has 0 aliphatic carbocycles. The van der Waals surface area contributed by atoms with Crippen molar-refractivity contribution in [3.05, 3.63) is 48.0 Å². The first kappa shape index (κ1) is 12.7. The van der Waals surface area contributed by atoms with E-state index in [1.165, 1.54) is 0 Å². The summed E-state index contributed by atoms with van der Waals surface area (Å²) in [5.74, 6) is 0.862. The van der Waals surface area contributed by atoms with E-state index < -0.39 is 0 Å². The molecule has 0 unspecified atom stereocenters. The lowest BCUT2D eigenvalue weighted by Gasteiger charge is -2.05. The van der Waals surface area contributed by atoms with Gasteiger partial charge in [0.2, 0.25) is 0 Å². The van der Waals surface area contributed by atoms with Crippen LogP contribution in [0.3, 0.4) is 0 Å². The highest BCUT2D eigenvalue weighted by Crippen LogP contribution is 2.27. The number of aromatic nitrogens is 1. The second kappa shape index (κ2) is 5.38. The lowest BCUT2D eigenvalue weighted by Crippen LogP contribution is -1.98. The predicted molar refractivity (Wildman–Crippen MR) is 84.4 cm³/mol. The van der Waals surface area contributed by atoms with E-state index in [4.69, 9.17) is 10.5 Å². The number of thiazole rings is 1. The Morgan fingerprint density at radius 2 is 2.15 bits per heavy atom. The molecule has 102 valence electrons. The van der Waals surface area contributed by atoms with Crippen molar-refractivity contribution in [2.45, 2.75) is 6.54 Å². The average molecular weight is 285 g/mol. The first-order valence-electron chi connectivity index (χ1n) is 6.27. The zero-order valence-corrected chi connectivity index (χ0v) is 11.9. The fourth-order valence-electron chi connectivity index (χ4n) is 1.98. The molecule has 0 bridgehead atoms. The smallest absolute Gasteiger partial charge is 0.184 e. The van der Waals surface area contributed by atoms with Gasteiger partial charge >= 0.3 is 0 Å². The molecule has 0 saturated heterocycles. The molecule has 0 atom stereocenters. The molecular weight excluding hydrogens is 270 g/mol. The van der Waals surface area contributed by atoms with Crippen molar-refractivity contribution in [2.75, 3.05) is 18.2 Å². The van der Waals surface area contributed by atoms with Crippen LogP contribution in [0.1, 0.15) is 5.56 Å². The number of nitrogens with zero attached hydrogens (tertiary/aromatic N) is 1. The van der Waals surface area contributed by atoms with Gasteiger partial charge in [-0.1, -0.05) is 23.5 Å². The summed E-state index contributed by atoms with van der Waals surface area (Å²) in [5.41, 5.74) is 8.66. The van der Waals surface area contributed by atoms with Gasteiger partial charge in [-0.05, 0) is 35.9 Å². The minimum absolute atomic E-state index is 0.715. The quantitative estimate of drug-likeness (QED) is 0.720. The van der Waals surface area contributed by atoms with Crippen LogP contribution >= 0.6 is 11.3 Å². The largest absolute Gasteiger partial charge is 0.497 e. The highest BCUT2D eigenvalue weighted by atomic mass is 32.1. The van der Waals surface area contributed by atoms with Crippen molar-refractivity contribution >= 4 is 32.4 Å². The Kier molecular flexibility index (Phi) is 3.43. The predicted octanol–water partition coefficient (Wildman–Crippen LogP) is 3.50. The number of nitrogens with two attached hydrogens (primary N) is 1. The van der Waals surface area contributed by atoms with Crippen LogP contribution in [0.25, 0.3) is 10.2 Å². The van der Waals surface area contributed by atoms with Crippen molar-refractivity contribution in [2.24, 2.45) is 0 Å². The van der Waals surface area contributed by atoms with E-state index in [1.807, 2.05) is 36.4 Å². The van der Waals surface area contributed by atoms with Crippen LogP contribution in [0.15, 0.2) is 42.5 Å². The van der Waals surface area contributed by atoms with E-state index in [2.05, 4.69) is 16.4 Å². The first-order chi connectivity index (χ1) is 9.74. The second-order valence-corrected chi connectivity index (χ2v) is 5.48. The Balaban J connectivity index is 1.76. The summed E-state index contributed by atoms with van der Waals surface area (Å²) in [4.78, 5) is 4.53. The van der Waals surface area contributed by atoms with Crippen LogP contribution in [0.2, 0.25) is 0 Å². The van der Waals surface area contributed by atoms with Gasteiger partial charge in [-0.3, -0.25) is 0 Å². The minimum Gasteiger partial charge on any atom is -0.497 e. The van der Waals surface area contributed by atoms with Crippen LogP contribution < -0.4 is 15.8 Å². The fourth-order valence-corrected chi connectivity index (χ4v) is 2.89. The lowest BCUT2D eigenvalue weighted by molar-refractivity contribution is 0.414. The Labute approximate surface area is 121 Å². The normalized spacial score (nSPS) is 10.7. The van der Waals surface area contributed by atoms with E-state index in [-0.39, 0.29) is 0 Å². The SMILES string of the molecule is COc1cccc(CNc2nc3ccc(N)cc3s2)c1. The van der Waals surface area contributed by atoms with Crippen molar-refractivity contribution in [1.82, 2.24) is 4.98 Å². The molecule has 5 heteroatoms. The first-order valence-corrected chi connectivity index (χ1v) is 7.09. The van der Waals surface area contributed by atoms with Gasteiger partial charge in [-0.15, -0.1) is 0 Å². The molecule has 0 saturated carbocycles. The van der Waals surface area contributed by atoms with Gasteiger partial charge in [0, 0.05) is 12.2 Å². The summed E-state index contributed by atoms with van der Waals surface area (Å²) in [6, 6.07) is 13.7. The van der Waals surface area contributed by atoms with Crippen LogP contribution in [0, 0.1) is 0 Å². The molecule has 0 aliphatic heterocycles.